The van der Waals surface area contributed by atoms with Gasteiger partial charge in [-0.2, -0.15) is 0 Å². The molecule has 0 amide bonds. The van der Waals surface area contributed by atoms with Crippen molar-refractivity contribution in [3.63, 3.8) is 0 Å². The second-order valence-corrected chi connectivity index (χ2v) is 14.8. The summed E-state index contributed by atoms with van der Waals surface area (Å²) in [6.07, 6.45) is 49.9. The van der Waals surface area contributed by atoms with Crippen LogP contribution in [0.2, 0.25) is 0 Å². The Morgan fingerprint density at radius 2 is 0.812 bits per heavy atom. The summed E-state index contributed by atoms with van der Waals surface area (Å²) in [7, 11) is 0. The van der Waals surface area contributed by atoms with Crippen molar-refractivity contribution in [2.75, 3.05) is 19.8 Å². The lowest BCUT2D eigenvalue weighted by atomic mass is 10.0. The van der Waals surface area contributed by atoms with Gasteiger partial charge in [0, 0.05) is 13.0 Å². The van der Waals surface area contributed by atoms with Crippen molar-refractivity contribution >= 4 is 5.97 Å². The van der Waals surface area contributed by atoms with Crippen LogP contribution in [0.4, 0.5) is 0 Å². The molecule has 0 saturated heterocycles. The number of esters is 1. The van der Waals surface area contributed by atoms with Gasteiger partial charge in [-0.1, -0.05) is 206 Å². The van der Waals surface area contributed by atoms with Crippen molar-refractivity contribution in [1.29, 1.82) is 0 Å². The molecule has 0 radical (unpaired) electrons. The lowest BCUT2D eigenvalue weighted by Crippen LogP contribution is -2.27. The molecule has 1 N–H and O–H groups in total. The molecule has 0 aromatic heterocycles. The maximum absolute atomic E-state index is 12.2. The summed E-state index contributed by atoms with van der Waals surface area (Å²) in [5, 5.41) is 9.59. The Labute approximate surface area is 301 Å². The van der Waals surface area contributed by atoms with E-state index in [2.05, 4.69) is 26.0 Å². The van der Waals surface area contributed by atoms with Gasteiger partial charge in [0.1, 0.15) is 6.10 Å². The fourth-order valence-corrected chi connectivity index (χ4v) is 6.56. The summed E-state index contributed by atoms with van der Waals surface area (Å²) >= 11 is 0. The number of carbonyl (C=O) groups is 1. The second-order valence-electron chi connectivity index (χ2n) is 14.8. The van der Waals surface area contributed by atoms with Gasteiger partial charge in [0.05, 0.1) is 13.2 Å². The van der Waals surface area contributed by atoms with Gasteiger partial charge in [-0.05, 0) is 38.5 Å². The molecule has 48 heavy (non-hydrogen) atoms. The Hall–Kier alpha value is -0.870. The van der Waals surface area contributed by atoms with Crippen LogP contribution in [0.1, 0.15) is 239 Å². The fourth-order valence-electron chi connectivity index (χ4n) is 6.56. The SMILES string of the molecule is CCCCCCC/C=C\CCCCCCCC(=O)OC(CO)COCCCCCCCCCCCCCCCCCCCCCCCC. The number of carbonyl (C=O) groups excluding carboxylic acids is 1. The van der Waals surface area contributed by atoms with Gasteiger partial charge < -0.3 is 14.6 Å². The van der Waals surface area contributed by atoms with Crippen molar-refractivity contribution in [2.24, 2.45) is 0 Å². The zero-order valence-electron chi connectivity index (χ0n) is 32.8. The summed E-state index contributed by atoms with van der Waals surface area (Å²) in [6, 6.07) is 0. The minimum atomic E-state index is -0.532. The van der Waals surface area contributed by atoms with E-state index in [1.807, 2.05) is 0 Å². The van der Waals surface area contributed by atoms with Crippen LogP contribution in [0, 0.1) is 0 Å². The van der Waals surface area contributed by atoms with Crippen molar-refractivity contribution < 1.29 is 19.4 Å². The zero-order chi connectivity index (χ0) is 34.9. The first-order valence-electron chi connectivity index (χ1n) is 21.8. The molecule has 0 aliphatic rings. The minimum absolute atomic E-state index is 0.169. The highest BCUT2D eigenvalue weighted by Gasteiger charge is 2.13. The average molecular weight is 679 g/mol. The molecule has 0 heterocycles. The molecule has 0 saturated carbocycles. The number of ether oxygens (including phenoxy) is 2. The predicted molar refractivity (Wildman–Crippen MR) is 210 cm³/mol. The molecule has 0 aliphatic heterocycles. The Morgan fingerprint density at radius 1 is 0.479 bits per heavy atom. The Bertz CT molecular complexity index is 633. The Kier molecular flexibility index (Phi) is 41.5. The normalized spacial score (nSPS) is 12.3. The molecule has 4 nitrogen and oxygen atoms in total. The Balaban J connectivity index is 3.35. The van der Waals surface area contributed by atoms with E-state index in [-0.39, 0.29) is 12.6 Å². The van der Waals surface area contributed by atoms with Gasteiger partial charge in [0.25, 0.3) is 0 Å². The minimum Gasteiger partial charge on any atom is -0.457 e. The van der Waals surface area contributed by atoms with Crippen LogP contribution in [0.15, 0.2) is 12.2 Å². The monoisotopic (exact) mass is 679 g/mol. The number of allylic oxidation sites excluding steroid dienone is 2. The van der Waals surface area contributed by atoms with Gasteiger partial charge in [-0.15, -0.1) is 0 Å². The molecule has 0 aromatic rings. The fraction of sp³-hybridized carbons (Fsp3) is 0.932. The summed E-state index contributed by atoms with van der Waals surface area (Å²) < 4.78 is 11.2. The molecule has 0 fully saturated rings. The highest BCUT2D eigenvalue weighted by atomic mass is 16.6. The van der Waals surface area contributed by atoms with E-state index in [9.17, 15) is 9.90 Å². The molecule has 0 bridgehead atoms. The van der Waals surface area contributed by atoms with Crippen LogP contribution in [-0.4, -0.2) is 37.0 Å². The maximum atomic E-state index is 12.2. The molecule has 286 valence electrons. The molecule has 4 heteroatoms. The third-order valence-electron chi connectivity index (χ3n) is 9.84. The van der Waals surface area contributed by atoms with E-state index in [4.69, 9.17) is 9.47 Å². The summed E-state index contributed by atoms with van der Waals surface area (Å²) in [6.45, 7) is 5.37. The summed E-state index contributed by atoms with van der Waals surface area (Å²) in [5.74, 6) is -0.205. The molecule has 0 rings (SSSR count). The van der Waals surface area contributed by atoms with Crippen LogP contribution in [0.5, 0.6) is 0 Å². The molecule has 0 aliphatic carbocycles. The molecule has 0 spiro atoms. The first-order chi connectivity index (χ1) is 23.7. The van der Waals surface area contributed by atoms with Gasteiger partial charge in [-0.3, -0.25) is 4.79 Å². The van der Waals surface area contributed by atoms with Crippen molar-refractivity contribution in [2.45, 2.75) is 245 Å². The van der Waals surface area contributed by atoms with E-state index < -0.39 is 6.10 Å². The number of aliphatic hydroxyl groups is 1. The largest absolute Gasteiger partial charge is 0.457 e. The van der Waals surface area contributed by atoms with Gasteiger partial charge >= 0.3 is 5.97 Å². The molecule has 1 unspecified atom stereocenters. The zero-order valence-corrected chi connectivity index (χ0v) is 32.8. The number of rotatable bonds is 41. The summed E-state index contributed by atoms with van der Waals surface area (Å²) in [5.41, 5.74) is 0. The first kappa shape index (κ1) is 47.1. The van der Waals surface area contributed by atoms with E-state index >= 15 is 0 Å². The van der Waals surface area contributed by atoms with Gasteiger partial charge in [0.2, 0.25) is 0 Å². The van der Waals surface area contributed by atoms with Crippen molar-refractivity contribution in [3.8, 4) is 0 Å². The maximum Gasteiger partial charge on any atom is 0.306 e. The first-order valence-corrected chi connectivity index (χ1v) is 21.8. The number of aliphatic hydroxyl groups excluding tert-OH is 1. The second kappa shape index (κ2) is 42.3. The van der Waals surface area contributed by atoms with E-state index in [1.54, 1.807) is 0 Å². The lowest BCUT2D eigenvalue weighted by molar-refractivity contribution is -0.154. The van der Waals surface area contributed by atoms with E-state index in [0.29, 0.717) is 19.6 Å². The standard InChI is InChI=1S/C44H86O4/c1-3-5-7-9-11-13-15-17-19-20-21-22-23-24-25-26-28-30-32-34-36-38-40-47-42-43(41-45)48-44(46)39-37-35-33-31-29-27-18-16-14-12-10-8-6-4-2/h16,18,43,45H,3-15,17,19-42H2,1-2H3/b18-16-. The summed E-state index contributed by atoms with van der Waals surface area (Å²) in [4.78, 5) is 12.2. The van der Waals surface area contributed by atoms with Crippen LogP contribution < -0.4 is 0 Å². The lowest BCUT2D eigenvalue weighted by Gasteiger charge is -2.15. The topological polar surface area (TPSA) is 55.8 Å². The molecule has 0 aromatic carbocycles. The third-order valence-corrected chi connectivity index (χ3v) is 9.84. The van der Waals surface area contributed by atoms with Gasteiger partial charge in [0.15, 0.2) is 0 Å². The van der Waals surface area contributed by atoms with Crippen molar-refractivity contribution in [3.05, 3.63) is 12.2 Å². The number of unbranched alkanes of at least 4 members (excludes halogenated alkanes) is 31. The predicted octanol–water partition coefficient (Wildman–Crippen LogP) is 14.2. The van der Waals surface area contributed by atoms with E-state index in [1.165, 1.54) is 199 Å². The third kappa shape index (κ3) is 39.6. The molecule has 1 atom stereocenters. The molecular formula is C44H86O4. The van der Waals surface area contributed by atoms with Crippen LogP contribution >= 0.6 is 0 Å². The van der Waals surface area contributed by atoms with Crippen LogP contribution in [0.25, 0.3) is 0 Å². The highest BCUT2D eigenvalue weighted by Crippen LogP contribution is 2.16. The highest BCUT2D eigenvalue weighted by molar-refractivity contribution is 5.69. The Morgan fingerprint density at radius 3 is 1.19 bits per heavy atom. The number of hydrogen-bond donors (Lipinski definition) is 1. The van der Waals surface area contributed by atoms with Gasteiger partial charge in [-0.25, -0.2) is 0 Å². The van der Waals surface area contributed by atoms with Crippen molar-refractivity contribution in [1.82, 2.24) is 0 Å². The number of hydrogen-bond acceptors (Lipinski definition) is 4. The van der Waals surface area contributed by atoms with Crippen LogP contribution in [0.3, 0.4) is 0 Å². The van der Waals surface area contributed by atoms with E-state index in [0.717, 1.165) is 19.3 Å². The van der Waals surface area contributed by atoms with Crippen LogP contribution in [-0.2, 0) is 14.3 Å². The smallest absolute Gasteiger partial charge is 0.306 e. The quantitative estimate of drug-likeness (QED) is 0.0397. The average Bonchev–Trinajstić information content (AvgIpc) is 3.09. The molecular weight excluding hydrogens is 592 g/mol.